The predicted octanol–water partition coefficient (Wildman–Crippen LogP) is -0.0946. The van der Waals surface area contributed by atoms with Crippen LogP contribution >= 0.6 is 0 Å². The number of sulfone groups is 1. The third-order valence-electron chi connectivity index (χ3n) is 1.81. The van der Waals surface area contributed by atoms with E-state index in [0.29, 0.717) is 18.3 Å². The molecule has 0 fully saturated rings. The lowest BCUT2D eigenvalue weighted by molar-refractivity contribution is 0.597. The molecule has 0 bridgehead atoms. The first-order valence-electron chi connectivity index (χ1n) is 4.56. The Morgan fingerprint density at radius 2 is 2.27 bits per heavy atom. The van der Waals surface area contributed by atoms with Gasteiger partial charge in [0.15, 0.2) is 9.84 Å². The summed E-state index contributed by atoms with van der Waals surface area (Å²) in [4.78, 5) is 7.77. The van der Waals surface area contributed by atoms with E-state index in [9.17, 15) is 8.42 Å². The molecule has 1 aromatic heterocycles. The van der Waals surface area contributed by atoms with Crippen LogP contribution in [-0.2, 0) is 9.84 Å². The van der Waals surface area contributed by atoms with Crippen molar-refractivity contribution >= 4 is 21.6 Å². The monoisotopic (exact) mass is 230 g/mol. The van der Waals surface area contributed by atoms with E-state index in [2.05, 4.69) is 15.3 Å². The first-order chi connectivity index (χ1) is 7.03. The Bertz CT molecular complexity index is 418. The normalized spacial score (nSPS) is 11.3. The maximum atomic E-state index is 11.2. The van der Waals surface area contributed by atoms with E-state index in [0.717, 1.165) is 0 Å². The van der Waals surface area contributed by atoms with Gasteiger partial charge in [-0.15, -0.1) is 0 Å². The lowest BCUT2D eigenvalue weighted by atomic mass is 10.6. The van der Waals surface area contributed by atoms with Crippen LogP contribution in [0.5, 0.6) is 0 Å². The van der Waals surface area contributed by atoms with Gasteiger partial charge in [0.1, 0.15) is 5.82 Å². The average molecular weight is 230 g/mol. The van der Waals surface area contributed by atoms with Crippen LogP contribution in [0.3, 0.4) is 0 Å². The number of hydrogen-bond donors (Lipinski definition) is 2. The summed E-state index contributed by atoms with van der Waals surface area (Å²) in [5.74, 6) is 0.917. The fourth-order valence-corrected chi connectivity index (χ4v) is 1.62. The number of anilines is 2. The molecule has 0 saturated heterocycles. The fraction of sp³-hybridized carbons (Fsp3) is 0.500. The van der Waals surface area contributed by atoms with E-state index in [1.807, 2.05) is 0 Å². The van der Waals surface area contributed by atoms with E-state index in [1.54, 1.807) is 13.0 Å². The number of aromatic nitrogens is 2. The summed E-state index contributed by atoms with van der Waals surface area (Å²) in [5, 5.41) is 2.79. The van der Waals surface area contributed by atoms with Gasteiger partial charge < -0.3 is 11.1 Å². The standard InChI is InChI=1S/C8H14N4O2S/c1-2-15(13,14)6-5-11-8-10-4-3-7(9)12-8/h3-4H,2,5-6H2,1H3,(H3,9,10,11,12). The summed E-state index contributed by atoms with van der Waals surface area (Å²) in [7, 11) is -2.95. The molecule has 0 aliphatic carbocycles. The lowest BCUT2D eigenvalue weighted by Gasteiger charge is -2.04. The van der Waals surface area contributed by atoms with Crippen molar-refractivity contribution in [1.82, 2.24) is 9.97 Å². The van der Waals surface area contributed by atoms with Crippen LogP contribution in [0.25, 0.3) is 0 Å². The van der Waals surface area contributed by atoms with Crippen molar-refractivity contribution in [2.45, 2.75) is 6.92 Å². The SMILES string of the molecule is CCS(=O)(=O)CCNc1nccc(N)n1. The van der Waals surface area contributed by atoms with Crippen molar-refractivity contribution in [1.29, 1.82) is 0 Å². The molecule has 84 valence electrons. The van der Waals surface area contributed by atoms with Crippen LogP contribution in [0.2, 0.25) is 0 Å². The van der Waals surface area contributed by atoms with E-state index in [1.165, 1.54) is 6.20 Å². The molecule has 0 spiro atoms. The summed E-state index contributed by atoms with van der Waals surface area (Å²) < 4.78 is 22.3. The van der Waals surface area contributed by atoms with E-state index < -0.39 is 9.84 Å². The highest BCUT2D eigenvalue weighted by molar-refractivity contribution is 7.91. The first-order valence-corrected chi connectivity index (χ1v) is 6.38. The smallest absolute Gasteiger partial charge is 0.224 e. The number of nitrogen functional groups attached to an aromatic ring is 1. The van der Waals surface area contributed by atoms with E-state index in [-0.39, 0.29) is 11.5 Å². The lowest BCUT2D eigenvalue weighted by Crippen LogP contribution is -2.18. The predicted molar refractivity (Wildman–Crippen MR) is 59.3 cm³/mol. The molecule has 0 radical (unpaired) electrons. The number of nitrogens with two attached hydrogens (primary N) is 1. The molecule has 0 aliphatic rings. The minimum absolute atomic E-state index is 0.0711. The largest absolute Gasteiger partial charge is 0.384 e. The molecule has 6 nitrogen and oxygen atoms in total. The van der Waals surface area contributed by atoms with Gasteiger partial charge >= 0.3 is 0 Å². The van der Waals surface area contributed by atoms with Gasteiger partial charge in [0.05, 0.1) is 5.75 Å². The Morgan fingerprint density at radius 3 is 2.87 bits per heavy atom. The van der Waals surface area contributed by atoms with Gasteiger partial charge in [0.2, 0.25) is 5.95 Å². The molecule has 0 amide bonds. The fourth-order valence-electron chi connectivity index (χ4n) is 0.921. The van der Waals surface area contributed by atoms with Crippen LogP contribution in [0.15, 0.2) is 12.3 Å². The van der Waals surface area contributed by atoms with E-state index >= 15 is 0 Å². The highest BCUT2D eigenvalue weighted by atomic mass is 32.2. The number of rotatable bonds is 5. The van der Waals surface area contributed by atoms with Gasteiger partial charge in [-0.05, 0) is 6.07 Å². The molecule has 0 atom stereocenters. The zero-order valence-electron chi connectivity index (χ0n) is 8.47. The summed E-state index contributed by atoms with van der Waals surface area (Å²) in [5.41, 5.74) is 5.43. The molecule has 0 saturated carbocycles. The number of nitrogens with one attached hydrogen (secondary N) is 1. The van der Waals surface area contributed by atoms with Crippen LogP contribution in [0.4, 0.5) is 11.8 Å². The van der Waals surface area contributed by atoms with Crippen molar-refractivity contribution < 1.29 is 8.42 Å². The van der Waals surface area contributed by atoms with Gasteiger partial charge in [-0.1, -0.05) is 6.92 Å². The summed E-state index contributed by atoms with van der Waals surface area (Å²) in [6.07, 6.45) is 1.51. The molecule has 1 rings (SSSR count). The zero-order chi connectivity index (χ0) is 11.3. The molecule has 7 heteroatoms. The van der Waals surface area contributed by atoms with Crippen molar-refractivity contribution in [3.8, 4) is 0 Å². The van der Waals surface area contributed by atoms with Crippen LogP contribution in [0, 0.1) is 0 Å². The third kappa shape index (κ3) is 4.11. The van der Waals surface area contributed by atoms with Crippen molar-refractivity contribution in [2.75, 3.05) is 29.1 Å². The molecule has 3 N–H and O–H groups in total. The second kappa shape index (κ2) is 4.92. The van der Waals surface area contributed by atoms with Crippen LogP contribution < -0.4 is 11.1 Å². The summed E-state index contributed by atoms with van der Waals surface area (Å²) in [6, 6.07) is 1.56. The molecule has 1 aromatic rings. The maximum Gasteiger partial charge on any atom is 0.224 e. The Hall–Kier alpha value is -1.37. The Kier molecular flexibility index (Phi) is 3.84. The van der Waals surface area contributed by atoms with Crippen LogP contribution in [-0.4, -0.2) is 36.4 Å². The summed E-state index contributed by atoms with van der Waals surface area (Å²) >= 11 is 0. The van der Waals surface area contributed by atoms with Crippen LogP contribution in [0.1, 0.15) is 6.92 Å². The van der Waals surface area contributed by atoms with Gasteiger partial charge in [-0.2, -0.15) is 4.98 Å². The Labute approximate surface area is 88.8 Å². The number of hydrogen-bond acceptors (Lipinski definition) is 6. The minimum Gasteiger partial charge on any atom is -0.384 e. The van der Waals surface area contributed by atoms with Crippen molar-refractivity contribution in [2.24, 2.45) is 0 Å². The molecular weight excluding hydrogens is 216 g/mol. The minimum atomic E-state index is -2.95. The zero-order valence-corrected chi connectivity index (χ0v) is 9.29. The summed E-state index contributed by atoms with van der Waals surface area (Å²) in [6.45, 7) is 1.91. The molecule has 0 unspecified atom stereocenters. The van der Waals surface area contributed by atoms with Crippen molar-refractivity contribution in [3.05, 3.63) is 12.3 Å². The Balaban J connectivity index is 2.45. The maximum absolute atomic E-state index is 11.2. The topological polar surface area (TPSA) is 98.0 Å². The van der Waals surface area contributed by atoms with E-state index in [4.69, 9.17) is 5.73 Å². The van der Waals surface area contributed by atoms with Gasteiger partial charge in [0, 0.05) is 18.5 Å². The second-order valence-electron chi connectivity index (χ2n) is 2.97. The molecule has 15 heavy (non-hydrogen) atoms. The molecule has 0 aromatic carbocycles. The molecule has 1 heterocycles. The Morgan fingerprint density at radius 1 is 1.53 bits per heavy atom. The average Bonchev–Trinajstić information content (AvgIpc) is 2.18. The van der Waals surface area contributed by atoms with Gasteiger partial charge in [-0.3, -0.25) is 0 Å². The number of nitrogens with zero attached hydrogens (tertiary/aromatic N) is 2. The van der Waals surface area contributed by atoms with Gasteiger partial charge in [-0.25, -0.2) is 13.4 Å². The quantitative estimate of drug-likeness (QED) is 0.733. The van der Waals surface area contributed by atoms with Gasteiger partial charge in [0.25, 0.3) is 0 Å². The third-order valence-corrected chi connectivity index (χ3v) is 3.52. The highest BCUT2D eigenvalue weighted by Gasteiger charge is 2.06. The molecule has 0 aliphatic heterocycles. The highest BCUT2D eigenvalue weighted by Crippen LogP contribution is 2.00. The first kappa shape index (κ1) is 11.7. The van der Waals surface area contributed by atoms with Crippen molar-refractivity contribution in [3.63, 3.8) is 0 Å². The molecular formula is C8H14N4O2S. The second-order valence-corrected chi connectivity index (χ2v) is 5.44.